The number of aromatic nitrogens is 1. The molecule has 9 nitrogen and oxygen atoms in total. The lowest BCUT2D eigenvalue weighted by Gasteiger charge is -2.24. The van der Waals surface area contributed by atoms with E-state index in [0.29, 0.717) is 40.9 Å². The van der Waals surface area contributed by atoms with Gasteiger partial charge in [0.15, 0.2) is 0 Å². The van der Waals surface area contributed by atoms with Crippen molar-refractivity contribution in [3.05, 3.63) is 93.6 Å². The molecule has 2 heterocycles. The van der Waals surface area contributed by atoms with Crippen LogP contribution in [0.5, 0.6) is 5.75 Å². The first kappa shape index (κ1) is 34.4. The number of nitrogens with one attached hydrogen (secondary N) is 2. The van der Waals surface area contributed by atoms with E-state index in [2.05, 4.69) is 10.3 Å². The second kappa shape index (κ2) is 14.1. The van der Waals surface area contributed by atoms with Gasteiger partial charge in [-0.3, -0.25) is 10.2 Å². The van der Waals surface area contributed by atoms with Crippen LogP contribution in [0.1, 0.15) is 29.7 Å². The summed E-state index contributed by atoms with van der Waals surface area (Å²) in [5.74, 6) is -0.119. The number of carbonyl (C=O) groups excluding carboxylic acids is 1. The van der Waals surface area contributed by atoms with Crippen LogP contribution >= 0.6 is 48.0 Å². The second-order valence-corrected chi connectivity index (χ2v) is 12.3. The molecule has 228 valence electrons. The van der Waals surface area contributed by atoms with E-state index < -0.39 is 22.0 Å². The molecule has 1 atom stereocenters. The van der Waals surface area contributed by atoms with Gasteiger partial charge in [0, 0.05) is 39.5 Å². The maximum atomic E-state index is 13.8. The number of hydrogen-bond acceptors (Lipinski definition) is 6. The molecule has 3 aromatic carbocycles. The first-order valence-electron chi connectivity index (χ1n) is 12.8. The predicted molar refractivity (Wildman–Crippen MR) is 175 cm³/mol. The lowest BCUT2D eigenvalue weighted by molar-refractivity contribution is -0.119. The van der Waals surface area contributed by atoms with Crippen LogP contribution in [0.3, 0.4) is 0 Å². The molecule has 1 amide bonds. The van der Waals surface area contributed by atoms with Crippen molar-refractivity contribution >= 4 is 86.4 Å². The van der Waals surface area contributed by atoms with Gasteiger partial charge >= 0.3 is 0 Å². The minimum atomic E-state index is -4.18. The Morgan fingerprint density at radius 2 is 1.86 bits per heavy atom. The number of sulfonamides is 1. The third-order valence-corrected chi connectivity index (χ3v) is 9.73. The molecule has 4 N–H and O–H groups in total. The molecule has 4 aromatic rings. The lowest BCUT2D eigenvalue weighted by Crippen LogP contribution is -2.43. The highest BCUT2D eigenvalue weighted by atomic mass is 35.5. The van der Waals surface area contributed by atoms with Crippen LogP contribution in [0, 0.1) is 12.3 Å². The Morgan fingerprint density at radius 3 is 2.60 bits per heavy atom. The molecule has 14 heteroatoms. The number of nitrogens with zero attached hydrogens (tertiary/aromatic N) is 2. The Morgan fingerprint density at radius 1 is 1.12 bits per heavy atom. The molecule has 1 fully saturated rings. The number of pyridine rings is 1. The maximum Gasteiger partial charge on any atom is 0.245 e. The zero-order valence-corrected chi connectivity index (χ0v) is 26.8. The number of aryl methyl sites for hydroxylation is 1. The predicted octanol–water partition coefficient (Wildman–Crippen LogP) is 6.35. The summed E-state index contributed by atoms with van der Waals surface area (Å²) in [5.41, 5.74) is 8.20. The van der Waals surface area contributed by atoms with Crippen LogP contribution in [0.25, 0.3) is 10.9 Å². The zero-order valence-electron chi connectivity index (χ0n) is 22.8. The van der Waals surface area contributed by atoms with Gasteiger partial charge in [0.1, 0.15) is 34.6 Å². The summed E-state index contributed by atoms with van der Waals surface area (Å²) in [6.07, 6.45) is 0.839. The van der Waals surface area contributed by atoms with E-state index in [9.17, 15) is 13.2 Å². The van der Waals surface area contributed by atoms with Gasteiger partial charge < -0.3 is 15.8 Å². The van der Waals surface area contributed by atoms with Crippen LogP contribution in [0.4, 0.5) is 5.69 Å². The van der Waals surface area contributed by atoms with Crippen molar-refractivity contribution in [2.24, 2.45) is 5.73 Å². The summed E-state index contributed by atoms with van der Waals surface area (Å²) < 4.78 is 34.9. The minimum Gasteiger partial charge on any atom is -0.487 e. The van der Waals surface area contributed by atoms with Gasteiger partial charge in [0.05, 0.1) is 5.02 Å². The number of para-hydroxylation sites is 1. The average Bonchev–Trinajstić information content (AvgIpc) is 3.44. The summed E-state index contributed by atoms with van der Waals surface area (Å²) >= 11 is 13.1. The molecule has 0 spiro atoms. The molecular weight excluding hydrogens is 656 g/mol. The number of fused-ring (bicyclic) bond motifs is 1. The van der Waals surface area contributed by atoms with Gasteiger partial charge in [-0.05, 0) is 56.2 Å². The first-order valence-corrected chi connectivity index (χ1v) is 15.0. The fourth-order valence-electron chi connectivity index (χ4n) is 4.80. The Bertz CT molecular complexity index is 1790. The highest BCUT2D eigenvalue weighted by Crippen LogP contribution is 2.36. The molecule has 0 saturated carbocycles. The van der Waals surface area contributed by atoms with E-state index in [0.717, 1.165) is 15.4 Å². The monoisotopic (exact) mass is 683 g/mol. The summed E-state index contributed by atoms with van der Waals surface area (Å²) in [6.45, 7) is 1.94. The number of carbonyl (C=O) groups is 1. The SMILES string of the molecule is Cc1ccc2cccc(OCc3c(Cl)ccc(S(=O)(=O)N4CCC[C@H]4C(=O)Nc4cccc(C(=N)N)c4)c3Cl)c2n1.Cl.Cl. The summed E-state index contributed by atoms with van der Waals surface area (Å²) in [6, 6.07) is 17.7. The molecule has 1 saturated heterocycles. The van der Waals surface area contributed by atoms with Gasteiger partial charge in [-0.25, -0.2) is 13.4 Å². The minimum absolute atomic E-state index is 0. The van der Waals surface area contributed by atoms with Crippen molar-refractivity contribution < 1.29 is 17.9 Å². The number of nitrogen functional groups attached to an aromatic ring is 1. The molecular formula is C29H29Cl4N5O4S. The summed E-state index contributed by atoms with van der Waals surface area (Å²) in [4.78, 5) is 17.6. The number of rotatable bonds is 8. The van der Waals surface area contributed by atoms with Crippen LogP contribution in [-0.2, 0) is 21.4 Å². The van der Waals surface area contributed by atoms with Gasteiger partial charge in [0.25, 0.3) is 0 Å². The number of anilines is 1. The average molecular weight is 685 g/mol. The largest absolute Gasteiger partial charge is 0.487 e. The Kier molecular flexibility index (Phi) is 11.3. The van der Waals surface area contributed by atoms with E-state index in [1.165, 1.54) is 12.1 Å². The van der Waals surface area contributed by atoms with E-state index in [4.69, 9.17) is 39.1 Å². The van der Waals surface area contributed by atoms with E-state index in [-0.39, 0.29) is 58.7 Å². The van der Waals surface area contributed by atoms with Crippen molar-refractivity contribution in [2.45, 2.75) is 37.3 Å². The van der Waals surface area contributed by atoms with Gasteiger partial charge in [-0.1, -0.05) is 53.5 Å². The first-order chi connectivity index (χ1) is 19.6. The third kappa shape index (κ3) is 7.17. The third-order valence-electron chi connectivity index (χ3n) is 6.88. The number of amides is 1. The number of hydrogen-bond donors (Lipinski definition) is 3. The van der Waals surface area contributed by atoms with E-state index in [1.54, 1.807) is 30.3 Å². The molecule has 43 heavy (non-hydrogen) atoms. The quantitative estimate of drug-likeness (QED) is 0.146. The Balaban J connectivity index is 0.00000253. The number of benzene rings is 3. The van der Waals surface area contributed by atoms with Crippen molar-refractivity contribution in [1.29, 1.82) is 5.41 Å². The molecule has 0 radical (unpaired) electrons. The highest BCUT2D eigenvalue weighted by Gasteiger charge is 2.40. The number of ether oxygens (including phenoxy) is 1. The topological polar surface area (TPSA) is 138 Å². The summed E-state index contributed by atoms with van der Waals surface area (Å²) in [5, 5.41) is 11.4. The van der Waals surface area contributed by atoms with Gasteiger partial charge in [-0.2, -0.15) is 4.31 Å². The smallest absolute Gasteiger partial charge is 0.245 e. The van der Waals surface area contributed by atoms with E-state index in [1.807, 2.05) is 31.2 Å². The molecule has 0 unspecified atom stereocenters. The zero-order chi connectivity index (χ0) is 29.3. The summed E-state index contributed by atoms with van der Waals surface area (Å²) in [7, 11) is -4.18. The normalized spacial score (nSPS) is 14.9. The number of halogens is 4. The van der Waals surface area contributed by atoms with Gasteiger partial charge in [-0.15, -0.1) is 24.8 Å². The maximum absolute atomic E-state index is 13.8. The molecule has 1 aromatic heterocycles. The fourth-order valence-corrected chi connectivity index (χ4v) is 7.32. The van der Waals surface area contributed by atoms with Crippen molar-refractivity contribution in [3.63, 3.8) is 0 Å². The number of nitrogens with two attached hydrogens (primary N) is 1. The van der Waals surface area contributed by atoms with E-state index >= 15 is 0 Å². The van der Waals surface area contributed by atoms with Crippen molar-refractivity contribution in [1.82, 2.24) is 9.29 Å². The molecule has 1 aliphatic rings. The van der Waals surface area contributed by atoms with Crippen LogP contribution in [-0.4, -0.2) is 42.0 Å². The van der Waals surface area contributed by atoms with Gasteiger partial charge in [0.2, 0.25) is 15.9 Å². The standard InChI is InChI=1S/C29H27Cl2N5O4S.2ClH/c1-17-10-11-18-5-3-9-24(27(18)34-17)40-16-21-22(30)12-13-25(26(21)31)41(38,39)36-14-4-8-23(36)29(37)35-20-7-2-6-19(15-20)28(32)33;;/h2-3,5-7,9-13,15,23H,4,8,14,16H2,1H3,(H3,32,33)(H,35,37);2*1H/t23-;;/m0../s1. The second-order valence-electron chi connectivity index (χ2n) is 9.66. The molecule has 0 bridgehead atoms. The van der Waals surface area contributed by atoms with Crippen molar-refractivity contribution in [2.75, 3.05) is 11.9 Å². The fraction of sp³-hybridized carbons (Fsp3) is 0.207. The van der Waals surface area contributed by atoms with Crippen LogP contribution in [0.15, 0.2) is 71.6 Å². The Hall–Kier alpha value is -3.12. The number of amidine groups is 1. The van der Waals surface area contributed by atoms with Crippen LogP contribution in [0.2, 0.25) is 10.0 Å². The van der Waals surface area contributed by atoms with Crippen molar-refractivity contribution in [3.8, 4) is 5.75 Å². The lowest BCUT2D eigenvalue weighted by atomic mass is 10.1. The van der Waals surface area contributed by atoms with Crippen LogP contribution < -0.4 is 15.8 Å². The molecule has 0 aliphatic carbocycles. The molecule has 5 rings (SSSR count). The molecule has 1 aliphatic heterocycles. The Labute approximate surface area is 272 Å². The highest BCUT2D eigenvalue weighted by molar-refractivity contribution is 7.89.